The number of benzene rings is 1. The molecule has 0 radical (unpaired) electrons. The monoisotopic (exact) mass is 237 g/mol. The van der Waals surface area contributed by atoms with Crippen molar-refractivity contribution >= 4 is 5.69 Å². The molecule has 2 atom stereocenters. The van der Waals surface area contributed by atoms with Gasteiger partial charge in [0.15, 0.2) is 0 Å². The third-order valence-corrected chi connectivity index (χ3v) is 3.53. The van der Waals surface area contributed by atoms with E-state index in [1.165, 1.54) is 31.7 Å². The van der Waals surface area contributed by atoms with Crippen LogP contribution >= 0.6 is 0 Å². The minimum atomic E-state index is -0.403. The Morgan fingerprint density at radius 2 is 2.24 bits per heavy atom. The van der Waals surface area contributed by atoms with Crippen LogP contribution in [0.4, 0.5) is 10.1 Å². The number of para-hydroxylation sites is 1. The highest BCUT2D eigenvalue weighted by Gasteiger charge is 2.19. The summed E-state index contributed by atoms with van der Waals surface area (Å²) in [5.41, 5.74) is 5.75. The molecule has 0 spiro atoms. The van der Waals surface area contributed by atoms with E-state index in [2.05, 4.69) is 6.92 Å². The van der Waals surface area contributed by atoms with E-state index in [-0.39, 0.29) is 5.69 Å². The smallest absolute Gasteiger partial charge is 0.149 e. The lowest BCUT2D eigenvalue weighted by Gasteiger charge is -2.26. The Morgan fingerprint density at radius 3 is 3.00 bits per heavy atom. The molecule has 0 heterocycles. The number of nitrogens with two attached hydrogens (primary N) is 1. The molecule has 0 saturated heterocycles. The van der Waals surface area contributed by atoms with E-state index in [0.717, 1.165) is 5.92 Å². The van der Waals surface area contributed by atoms with E-state index in [9.17, 15) is 4.39 Å². The summed E-state index contributed by atoms with van der Waals surface area (Å²) in [4.78, 5) is 0. The number of ether oxygens (including phenoxy) is 1. The lowest BCUT2D eigenvalue weighted by atomic mass is 9.83. The van der Waals surface area contributed by atoms with Crippen LogP contribution in [0.25, 0.3) is 0 Å². The van der Waals surface area contributed by atoms with Gasteiger partial charge in [-0.15, -0.1) is 0 Å². The molecule has 0 bridgehead atoms. The van der Waals surface area contributed by atoms with Crippen LogP contribution in [-0.4, -0.2) is 6.61 Å². The van der Waals surface area contributed by atoms with Crippen molar-refractivity contribution < 1.29 is 9.13 Å². The topological polar surface area (TPSA) is 35.2 Å². The van der Waals surface area contributed by atoms with Gasteiger partial charge in [0.2, 0.25) is 0 Å². The van der Waals surface area contributed by atoms with Crippen LogP contribution < -0.4 is 10.5 Å². The van der Waals surface area contributed by atoms with Crippen LogP contribution in [0.2, 0.25) is 0 Å². The molecule has 0 aromatic heterocycles. The first-order valence-electron chi connectivity index (χ1n) is 6.33. The van der Waals surface area contributed by atoms with E-state index < -0.39 is 5.82 Å². The fourth-order valence-electron chi connectivity index (χ4n) is 2.56. The van der Waals surface area contributed by atoms with Gasteiger partial charge >= 0.3 is 0 Å². The predicted molar refractivity (Wildman–Crippen MR) is 67.4 cm³/mol. The number of rotatable bonds is 3. The standard InChI is InChI=1S/C14H20FNO/c1-10-4-2-5-11(8-10)9-17-13-7-3-6-12(15)14(13)16/h3,6-7,10-11H,2,4-5,8-9,16H2,1H3. The van der Waals surface area contributed by atoms with Crippen molar-refractivity contribution in [2.24, 2.45) is 11.8 Å². The normalized spacial score (nSPS) is 24.6. The first-order valence-corrected chi connectivity index (χ1v) is 6.33. The maximum Gasteiger partial charge on any atom is 0.149 e. The van der Waals surface area contributed by atoms with Crippen LogP contribution in [0.5, 0.6) is 5.75 Å². The van der Waals surface area contributed by atoms with Crippen LogP contribution in [0.15, 0.2) is 18.2 Å². The molecule has 3 heteroatoms. The number of nitrogen functional groups attached to an aromatic ring is 1. The molecule has 17 heavy (non-hydrogen) atoms. The first-order chi connectivity index (χ1) is 8.16. The van der Waals surface area contributed by atoms with Crippen molar-refractivity contribution in [1.82, 2.24) is 0 Å². The molecule has 1 fully saturated rings. The molecule has 1 aromatic carbocycles. The van der Waals surface area contributed by atoms with Gasteiger partial charge in [0.1, 0.15) is 17.3 Å². The Kier molecular flexibility index (Phi) is 3.87. The zero-order chi connectivity index (χ0) is 12.3. The molecular weight excluding hydrogens is 217 g/mol. The molecule has 0 aliphatic heterocycles. The van der Waals surface area contributed by atoms with Gasteiger partial charge in [-0.05, 0) is 36.8 Å². The summed E-state index contributed by atoms with van der Waals surface area (Å²) in [7, 11) is 0. The van der Waals surface area contributed by atoms with Gasteiger partial charge in [-0.25, -0.2) is 4.39 Å². The number of halogens is 1. The van der Waals surface area contributed by atoms with Crippen LogP contribution in [0.3, 0.4) is 0 Å². The van der Waals surface area contributed by atoms with E-state index in [1.54, 1.807) is 12.1 Å². The summed E-state index contributed by atoms with van der Waals surface area (Å²) in [5.74, 6) is 1.44. The average Bonchev–Trinajstić information content (AvgIpc) is 2.31. The Morgan fingerprint density at radius 1 is 1.41 bits per heavy atom. The second-order valence-electron chi connectivity index (χ2n) is 5.10. The van der Waals surface area contributed by atoms with Crippen LogP contribution in [0, 0.1) is 17.7 Å². The minimum Gasteiger partial charge on any atom is -0.491 e. The molecule has 0 amide bonds. The number of anilines is 1. The number of hydrogen-bond acceptors (Lipinski definition) is 2. The highest BCUT2D eigenvalue weighted by Crippen LogP contribution is 2.30. The van der Waals surface area contributed by atoms with Crippen molar-refractivity contribution in [3.05, 3.63) is 24.0 Å². The van der Waals surface area contributed by atoms with Gasteiger partial charge in [-0.2, -0.15) is 0 Å². The highest BCUT2D eigenvalue weighted by molar-refractivity contribution is 5.53. The van der Waals surface area contributed by atoms with E-state index in [0.29, 0.717) is 18.3 Å². The van der Waals surface area contributed by atoms with Crippen LogP contribution in [-0.2, 0) is 0 Å². The van der Waals surface area contributed by atoms with Crippen molar-refractivity contribution in [3.8, 4) is 5.75 Å². The van der Waals surface area contributed by atoms with Crippen molar-refractivity contribution in [2.45, 2.75) is 32.6 Å². The Labute approximate surface area is 102 Å². The zero-order valence-corrected chi connectivity index (χ0v) is 10.3. The van der Waals surface area contributed by atoms with E-state index >= 15 is 0 Å². The molecular formula is C14H20FNO. The molecule has 2 unspecified atom stereocenters. The van der Waals surface area contributed by atoms with Crippen molar-refractivity contribution in [1.29, 1.82) is 0 Å². The van der Waals surface area contributed by atoms with Gasteiger partial charge in [0, 0.05) is 0 Å². The summed E-state index contributed by atoms with van der Waals surface area (Å²) in [6, 6.07) is 4.71. The van der Waals surface area contributed by atoms with Gasteiger partial charge in [-0.3, -0.25) is 0 Å². The quantitative estimate of drug-likeness (QED) is 0.815. The maximum absolute atomic E-state index is 13.2. The highest BCUT2D eigenvalue weighted by atomic mass is 19.1. The Hall–Kier alpha value is -1.25. The molecule has 1 aromatic rings. The second-order valence-corrected chi connectivity index (χ2v) is 5.10. The lowest BCUT2D eigenvalue weighted by Crippen LogP contribution is -2.20. The molecule has 1 saturated carbocycles. The second kappa shape index (κ2) is 5.39. The van der Waals surface area contributed by atoms with Gasteiger partial charge in [0.05, 0.1) is 6.61 Å². The van der Waals surface area contributed by atoms with Crippen molar-refractivity contribution in [2.75, 3.05) is 12.3 Å². The minimum absolute atomic E-state index is 0.122. The summed E-state index contributed by atoms with van der Waals surface area (Å²) >= 11 is 0. The lowest BCUT2D eigenvalue weighted by molar-refractivity contribution is 0.182. The van der Waals surface area contributed by atoms with E-state index in [1.807, 2.05) is 0 Å². The van der Waals surface area contributed by atoms with Gasteiger partial charge < -0.3 is 10.5 Å². The molecule has 2 nitrogen and oxygen atoms in total. The fourth-order valence-corrected chi connectivity index (χ4v) is 2.56. The molecule has 1 aliphatic rings. The van der Waals surface area contributed by atoms with Crippen molar-refractivity contribution in [3.63, 3.8) is 0 Å². The first kappa shape index (κ1) is 12.2. The SMILES string of the molecule is CC1CCCC(COc2cccc(F)c2N)C1. The van der Waals surface area contributed by atoms with Gasteiger partial charge in [-0.1, -0.05) is 25.8 Å². The van der Waals surface area contributed by atoms with E-state index in [4.69, 9.17) is 10.5 Å². The Bertz CT molecular complexity index is 380. The maximum atomic E-state index is 13.2. The molecule has 1 aliphatic carbocycles. The Balaban J connectivity index is 1.91. The summed E-state index contributed by atoms with van der Waals surface area (Å²) < 4.78 is 18.8. The third-order valence-electron chi connectivity index (χ3n) is 3.53. The largest absolute Gasteiger partial charge is 0.491 e. The fraction of sp³-hybridized carbons (Fsp3) is 0.571. The third kappa shape index (κ3) is 3.11. The van der Waals surface area contributed by atoms with Gasteiger partial charge in [0.25, 0.3) is 0 Å². The molecule has 2 rings (SSSR count). The van der Waals surface area contributed by atoms with Crippen LogP contribution in [0.1, 0.15) is 32.6 Å². The average molecular weight is 237 g/mol. The predicted octanol–water partition coefficient (Wildman–Crippen LogP) is 3.61. The zero-order valence-electron chi connectivity index (χ0n) is 10.3. The summed E-state index contributed by atoms with van der Waals surface area (Å²) in [6.07, 6.45) is 5.00. The summed E-state index contributed by atoms with van der Waals surface area (Å²) in [5, 5.41) is 0. The molecule has 94 valence electrons. The summed E-state index contributed by atoms with van der Waals surface area (Å²) in [6.45, 7) is 2.93. The number of hydrogen-bond donors (Lipinski definition) is 1. The molecule has 2 N–H and O–H groups in total.